The van der Waals surface area contributed by atoms with Crippen molar-refractivity contribution in [3.8, 4) is 5.75 Å². The van der Waals surface area contributed by atoms with E-state index in [-0.39, 0.29) is 13.1 Å². The number of hydrogen-bond acceptors (Lipinski definition) is 6. The van der Waals surface area contributed by atoms with E-state index in [2.05, 4.69) is 0 Å². The highest BCUT2D eigenvalue weighted by atomic mass is 16.6. The van der Waals surface area contributed by atoms with E-state index in [0.29, 0.717) is 17.8 Å². The summed E-state index contributed by atoms with van der Waals surface area (Å²) in [6.07, 6.45) is 0. The topological polar surface area (TPSA) is 65.1 Å². The van der Waals surface area contributed by atoms with E-state index in [1.165, 1.54) is 0 Å². The molecular formula is C13H16BNO5. The van der Waals surface area contributed by atoms with E-state index in [1.54, 1.807) is 36.2 Å². The van der Waals surface area contributed by atoms with Gasteiger partial charge in [-0.15, -0.1) is 0 Å². The molecule has 0 bridgehead atoms. The Hall–Kier alpha value is -2.02. The van der Waals surface area contributed by atoms with Gasteiger partial charge in [0.05, 0.1) is 19.7 Å². The largest absolute Gasteiger partial charge is 0.636 e. The molecule has 1 aliphatic rings. The molecule has 0 spiro atoms. The molecule has 1 aliphatic heterocycles. The molecule has 1 fully saturated rings. The van der Waals surface area contributed by atoms with E-state index in [4.69, 9.17) is 14.0 Å². The second-order valence-electron chi connectivity index (χ2n) is 4.49. The minimum Gasteiger partial charge on any atom is -0.494 e. The molecular weight excluding hydrogens is 261 g/mol. The van der Waals surface area contributed by atoms with Gasteiger partial charge in [0.25, 0.3) is 0 Å². The third kappa shape index (κ3) is 3.74. The molecule has 2 rings (SSSR count). The van der Waals surface area contributed by atoms with Gasteiger partial charge in [0.2, 0.25) is 0 Å². The maximum Gasteiger partial charge on any atom is 0.636 e. The van der Waals surface area contributed by atoms with Crippen LogP contribution in [0.5, 0.6) is 5.75 Å². The standard InChI is InChI=1S/C13H16BNO5/c1-3-18-11-6-4-10(5-7-11)14-19-12(16)8-15(2)9-13(17)20-14/h4-7H,3,8-9H2,1-2H3. The van der Waals surface area contributed by atoms with Crippen LogP contribution in [0, 0.1) is 0 Å². The molecule has 0 amide bonds. The zero-order chi connectivity index (χ0) is 14.5. The molecule has 20 heavy (non-hydrogen) atoms. The SMILES string of the molecule is CCOc1ccc(B2OC(=O)CN(C)CC(=O)O2)cc1. The Morgan fingerprint density at radius 2 is 1.70 bits per heavy atom. The van der Waals surface area contributed by atoms with E-state index < -0.39 is 19.1 Å². The summed E-state index contributed by atoms with van der Waals surface area (Å²) >= 11 is 0. The molecule has 1 heterocycles. The molecule has 0 radical (unpaired) electrons. The zero-order valence-electron chi connectivity index (χ0n) is 11.5. The lowest BCUT2D eigenvalue weighted by Gasteiger charge is -2.22. The molecule has 1 aromatic carbocycles. The number of carbonyl (C=O) groups excluding carboxylic acids is 2. The van der Waals surface area contributed by atoms with Crippen LogP contribution in [0.15, 0.2) is 24.3 Å². The Balaban J connectivity index is 2.12. The fraction of sp³-hybridized carbons (Fsp3) is 0.385. The fourth-order valence-corrected chi connectivity index (χ4v) is 1.86. The van der Waals surface area contributed by atoms with Crippen LogP contribution in [0.1, 0.15) is 6.92 Å². The van der Waals surface area contributed by atoms with Gasteiger partial charge in [-0.25, -0.2) is 0 Å². The van der Waals surface area contributed by atoms with Gasteiger partial charge in [-0.2, -0.15) is 0 Å². The van der Waals surface area contributed by atoms with Crippen LogP contribution in [0.4, 0.5) is 0 Å². The van der Waals surface area contributed by atoms with E-state index in [9.17, 15) is 9.59 Å². The van der Waals surface area contributed by atoms with Crippen LogP contribution in [-0.2, 0) is 18.9 Å². The summed E-state index contributed by atoms with van der Waals surface area (Å²) in [6.45, 7) is 2.58. The molecule has 1 saturated heterocycles. The van der Waals surface area contributed by atoms with E-state index >= 15 is 0 Å². The van der Waals surface area contributed by atoms with Crippen molar-refractivity contribution >= 4 is 24.5 Å². The summed E-state index contributed by atoms with van der Waals surface area (Å²) in [4.78, 5) is 24.8. The molecule has 106 valence electrons. The lowest BCUT2D eigenvalue weighted by molar-refractivity contribution is -0.145. The first kappa shape index (κ1) is 14.4. The second-order valence-corrected chi connectivity index (χ2v) is 4.49. The van der Waals surface area contributed by atoms with Gasteiger partial charge < -0.3 is 14.0 Å². The Bertz CT molecular complexity index is 470. The van der Waals surface area contributed by atoms with Crippen LogP contribution in [0.3, 0.4) is 0 Å². The molecule has 0 atom stereocenters. The van der Waals surface area contributed by atoms with E-state index in [1.807, 2.05) is 6.92 Å². The number of likely N-dealkylation sites (N-methyl/N-ethyl adjacent to an activating group) is 1. The van der Waals surface area contributed by atoms with Crippen molar-refractivity contribution in [3.05, 3.63) is 24.3 Å². The lowest BCUT2D eigenvalue weighted by Crippen LogP contribution is -2.47. The van der Waals surface area contributed by atoms with Crippen molar-refractivity contribution in [3.63, 3.8) is 0 Å². The minimum absolute atomic E-state index is 0.0582. The number of rotatable bonds is 3. The summed E-state index contributed by atoms with van der Waals surface area (Å²) < 4.78 is 15.6. The van der Waals surface area contributed by atoms with Crippen LogP contribution in [0.25, 0.3) is 0 Å². The average Bonchev–Trinajstić information content (AvgIpc) is 2.37. The Labute approximate surface area is 117 Å². The number of benzene rings is 1. The molecule has 0 unspecified atom stereocenters. The smallest absolute Gasteiger partial charge is 0.494 e. The normalized spacial score (nSPS) is 17.0. The van der Waals surface area contributed by atoms with Crippen molar-refractivity contribution in [2.24, 2.45) is 0 Å². The van der Waals surface area contributed by atoms with Crippen molar-refractivity contribution in [2.45, 2.75) is 6.92 Å². The average molecular weight is 277 g/mol. The Morgan fingerprint density at radius 3 is 2.20 bits per heavy atom. The van der Waals surface area contributed by atoms with Crippen LogP contribution >= 0.6 is 0 Å². The molecule has 0 N–H and O–H groups in total. The highest BCUT2D eigenvalue weighted by Gasteiger charge is 2.33. The molecule has 0 aromatic heterocycles. The second kappa shape index (κ2) is 6.43. The molecule has 1 aromatic rings. The van der Waals surface area contributed by atoms with Crippen LogP contribution < -0.4 is 10.2 Å². The summed E-state index contributed by atoms with van der Waals surface area (Å²) in [5.74, 6) is -0.155. The molecule has 0 aliphatic carbocycles. The van der Waals surface area contributed by atoms with Crippen molar-refractivity contribution in [1.82, 2.24) is 4.90 Å². The van der Waals surface area contributed by atoms with Gasteiger partial charge in [-0.3, -0.25) is 14.5 Å². The highest BCUT2D eigenvalue weighted by molar-refractivity contribution is 6.64. The Kier molecular flexibility index (Phi) is 4.63. The third-order valence-corrected chi connectivity index (χ3v) is 2.74. The maximum atomic E-state index is 11.6. The quantitative estimate of drug-likeness (QED) is 0.714. The number of hydrogen-bond donors (Lipinski definition) is 0. The van der Waals surface area contributed by atoms with Crippen molar-refractivity contribution < 1.29 is 23.6 Å². The first-order chi connectivity index (χ1) is 9.58. The van der Waals surface area contributed by atoms with Gasteiger partial charge in [0.15, 0.2) is 0 Å². The lowest BCUT2D eigenvalue weighted by atomic mass is 9.78. The first-order valence-corrected chi connectivity index (χ1v) is 6.38. The molecule has 7 heteroatoms. The number of ether oxygens (including phenoxy) is 1. The monoisotopic (exact) mass is 277 g/mol. The van der Waals surface area contributed by atoms with E-state index in [0.717, 1.165) is 0 Å². The predicted octanol–water partition coefficient (Wildman–Crippen LogP) is -0.188. The van der Waals surface area contributed by atoms with Gasteiger partial charge in [-0.05, 0) is 26.1 Å². The van der Waals surface area contributed by atoms with Crippen molar-refractivity contribution in [2.75, 3.05) is 26.7 Å². The number of carbonyl (C=O) groups is 2. The highest BCUT2D eigenvalue weighted by Crippen LogP contribution is 2.09. The van der Waals surface area contributed by atoms with Gasteiger partial charge in [-0.1, -0.05) is 12.1 Å². The summed E-state index contributed by atoms with van der Waals surface area (Å²) in [5.41, 5.74) is 0.597. The first-order valence-electron chi connectivity index (χ1n) is 6.38. The van der Waals surface area contributed by atoms with Gasteiger partial charge >= 0.3 is 19.1 Å². The summed E-state index contributed by atoms with van der Waals surface area (Å²) in [5, 5.41) is 0. The molecule has 0 saturated carbocycles. The summed E-state index contributed by atoms with van der Waals surface area (Å²) in [7, 11) is 0.652. The minimum atomic E-state index is -1.00. The Morgan fingerprint density at radius 1 is 1.15 bits per heavy atom. The van der Waals surface area contributed by atoms with Gasteiger partial charge in [0.1, 0.15) is 5.75 Å². The van der Waals surface area contributed by atoms with Crippen LogP contribution in [0.2, 0.25) is 0 Å². The van der Waals surface area contributed by atoms with Crippen LogP contribution in [-0.4, -0.2) is 50.7 Å². The van der Waals surface area contributed by atoms with Gasteiger partial charge in [0, 0.05) is 5.46 Å². The number of nitrogens with zero attached hydrogens (tertiary/aromatic N) is 1. The van der Waals surface area contributed by atoms with Crippen molar-refractivity contribution in [1.29, 1.82) is 0 Å². The molecule has 6 nitrogen and oxygen atoms in total. The zero-order valence-corrected chi connectivity index (χ0v) is 11.5. The summed E-state index contributed by atoms with van der Waals surface area (Å²) in [6, 6.07) is 6.90. The fourth-order valence-electron chi connectivity index (χ4n) is 1.86. The predicted molar refractivity (Wildman–Crippen MR) is 72.7 cm³/mol. The third-order valence-electron chi connectivity index (χ3n) is 2.74. The maximum absolute atomic E-state index is 11.6.